The van der Waals surface area contributed by atoms with Crippen LogP contribution in [-0.2, 0) is 19.6 Å². The maximum atomic E-state index is 11.6. The van der Waals surface area contributed by atoms with Crippen molar-refractivity contribution < 1.29 is 23.1 Å². The van der Waals surface area contributed by atoms with E-state index in [1.807, 2.05) is 0 Å². The van der Waals surface area contributed by atoms with Gasteiger partial charge >= 0.3 is 5.97 Å². The van der Waals surface area contributed by atoms with Crippen molar-refractivity contribution in [2.45, 2.75) is 20.8 Å². The van der Waals surface area contributed by atoms with Gasteiger partial charge in [-0.1, -0.05) is 20.8 Å². The monoisotopic (exact) mass is 266 g/mol. The van der Waals surface area contributed by atoms with Crippen LogP contribution in [0, 0.1) is 11.3 Å². The quantitative estimate of drug-likeness (QED) is 0.558. The summed E-state index contributed by atoms with van der Waals surface area (Å²) in [5.41, 5.74) is -0.752. The van der Waals surface area contributed by atoms with E-state index in [-0.39, 0.29) is 6.54 Å². The zero-order valence-electron chi connectivity index (χ0n) is 10.1. The number of nitrogens with one attached hydrogen (secondary N) is 1. The average molecular weight is 266 g/mol. The first-order chi connectivity index (χ1) is 7.45. The number of carboxylic acids is 1. The van der Waals surface area contributed by atoms with Gasteiger partial charge in [0.15, 0.2) is 0 Å². The van der Waals surface area contributed by atoms with Gasteiger partial charge < -0.3 is 10.4 Å². The van der Waals surface area contributed by atoms with Crippen LogP contribution in [0.2, 0.25) is 0 Å². The van der Waals surface area contributed by atoms with Crippen molar-refractivity contribution in [1.82, 2.24) is 5.32 Å². The number of nitrogens with two attached hydrogens (primary N) is 1. The lowest BCUT2D eigenvalue weighted by Crippen LogP contribution is -2.44. The molecule has 0 aliphatic rings. The van der Waals surface area contributed by atoms with Gasteiger partial charge in [-0.2, -0.15) is 0 Å². The highest BCUT2D eigenvalue weighted by atomic mass is 32.2. The molecule has 0 aliphatic carbocycles. The van der Waals surface area contributed by atoms with Gasteiger partial charge in [-0.15, -0.1) is 0 Å². The summed E-state index contributed by atoms with van der Waals surface area (Å²) in [5, 5.41) is 15.9. The van der Waals surface area contributed by atoms with Crippen molar-refractivity contribution in [1.29, 1.82) is 0 Å². The molecule has 0 saturated carbocycles. The molecular formula is C9H18N2O5S. The molecule has 0 aromatic carbocycles. The minimum Gasteiger partial charge on any atom is -0.481 e. The summed E-state index contributed by atoms with van der Waals surface area (Å²) >= 11 is 0. The molecule has 0 saturated heterocycles. The molecule has 0 rings (SSSR count). The summed E-state index contributed by atoms with van der Waals surface area (Å²) in [5.74, 6) is -3.61. The lowest BCUT2D eigenvalue weighted by molar-refractivity contribution is -0.151. The second kappa shape index (κ2) is 5.46. The fourth-order valence-electron chi connectivity index (χ4n) is 1.29. The molecule has 0 aromatic heterocycles. The number of aliphatic carboxylic acids is 1. The standard InChI is InChI=1S/C9H18N2O5S/c1-9(2,3)6(8(13)14)7(12)11-4-5-17(10,15)16/h6H,4-5H2,1-3H3,(H,11,12)(H,13,14)(H2,10,15,16). The average Bonchev–Trinajstić information content (AvgIpc) is 1.96. The maximum Gasteiger partial charge on any atom is 0.316 e. The third kappa shape index (κ3) is 6.22. The predicted molar refractivity (Wildman–Crippen MR) is 61.6 cm³/mol. The van der Waals surface area contributed by atoms with Crippen LogP contribution < -0.4 is 10.5 Å². The van der Waals surface area contributed by atoms with Crippen LogP contribution in [0.4, 0.5) is 0 Å². The smallest absolute Gasteiger partial charge is 0.316 e. The predicted octanol–water partition coefficient (Wildman–Crippen LogP) is -0.862. The lowest BCUT2D eigenvalue weighted by atomic mass is 9.80. The number of carbonyl (C=O) groups is 2. The van der Waals surface area contributed by atoms with Crippen molar-refractivity contribution in [3.63, 3.8) is 0 Å². The van der Waals surface area contributed by atoms with E-state index in [4.69, 9.17) is 10.2 Å². The summed E-state index contributed by atoms with van der Waals surface area (Å²) in [6, 6.07) is 0. The molecule has 17 heavy (non-hydrogen) atoms. The highest BCUT2D eigenvalue weighted by molar-refractivity contribution is 7.89. The van der Waals surface area contributed by atoms with Gasteiger partial charge in [0, 0.05) is 6.54 Å². The molecule has 1 amide bonds. The van der Waals surface area contributed by atoms with E-state index < -0.39 is 39.0 Å². The molecule has 0 heterocycles. The fraction of sp³-hybridized carbons (Fsp3) is 0.778. The van der Waals surface area contributed by atoms with Crippen LogP contribution >= 0.6 is 0 Å². The second-order valence-corrected chi connectivity index (χ2v) is 6.53. The van der Waals surface area contributed by atoms with Gasteiger partial charge in [0.25, 0.3) is 0 Å². The number of carboxylic acid groups (broad SMARTS) is 1. The van der Waals surface area contributed by atoms with Gasteiger partial charge in [-0.25, -0.2) is 13.6 Å². The Morgan fingerprint density at radius 2 is 1.82 bits per heavy atom. The van der Waals surface area contributed by atoms with Gasteiger partial charge in [0.05, 0.1) is 5.75 Å². The van der Waals surface area contributed by atoms with E-state index in [0.29, 0.717) is 0 Å². The Kier molecular flexibility index (Phi) is 5.09. The van der Waals surface area contributed by atoms with Crippen LogP contribution in [0.25, 0.3) is 0 Å². The first-order valence-electron chi connectivity index (χ1n) is 4.96. The first kappa shape index (κ1) is 15.9. The Balaban J connectivity index is 4.52. The molecular weight excluding hydrogens is 248 g/mol. The molecule has 4 N–H and O–H groups in total. The normalized spacial score (nSPS) is 14.1. The Hall–Kier alpha value is -1.15. The molecule has 0 spiro atoms. The topological polar surface area (TPSA) is 127 Å². The highest BCUT2D eigenvalue weighted by Crippen LogP contribution is 2.26. The second-order valence-electron chi connectivity index (χ2n) is 4.80. The molecule has 0 fully saturated rings. The van der Waals surface area contributed by atoms with E-state index in [2.05, 4.69) is 5.32 Å². The number of carbonyl (C=O) groups excluding carboxylic acids is 1. The van der Waals surface area contributed by atoms with Gasteiger partial charge in [0.1, 0.15) is 5.92 Å². The van der Waals surface area contributed by atoms with Crippen molar-refractivity contribution in [2.24, 2.45) is 16.5 Å². The van der Waals surface area contributed by atoms with E-state index in [1.54, 1.807) is 20.8 Å². The SMILES string of the molecule is CC(C)(C)C(C(=O)O)C(=O)NCCS(N)(=O)=O. The molecule has 0 bridgehead atoms. The molecule has 0 radical (unpaired) electrons. The van der Waals surface area contributed by atoms with E-state index in [1.165, 1.54) is 0 Å². The van der Waals surface area contributed by atoms with Gasteiger partial charge in [0.2, 0.25) is 15.9 Å². The zero-order chi connectivity index (χ0) is 13.9. The molecule has 7 nitrogen and oxygen atoms in total. The zero-order valence-corrected chi connectivity index (χ0v) is 10.9. The lowest BCUT2D eigenvalue weighted by Gasteiger charge is -2.25. The number of sulfonamides is 1. The van der Waals surface area contributed by atoms with Crippen LogP contribution in [0.3, 0.4) is 0 Å². The largest absolute Gasteiger partial charge is 0.481 e. The Morgan fingerprint density at radius 3 is 2.12 bits per heavy atom. The van der Waals surface area contributed by atoms with Crippen molar-refractivity contribution in [2.75, 3.05) is 12.3 Å². The minimum absolute atomic E-state index is 0.197. The van der Waals surface area contributed by atoms with E-state index in [9.17, 15) is 18.0 Å². The van der Waals surface area contributed by atoms with Crippen molar-refractivity contribution >= 4 is 21.9 Å². The minimum atomic E-state index is -3.66. The molecule has 1 unspecified atom stereocenters. The van der Waals surface area contributed by atoms with Crippen LogP contribution in [0.15, 0.2) is 0 Å². The molecule has 0 aliphatic heterocycles. The summed E-state index contributed by atoms with van der Waals surface area (Å²) in [4.78, 5) is 22.5. The number of hydrogen-bond acceptors (Lipinski definition) is 4. The molecule has 0 aromatic rings. The van der Waals surface area contributed by atoms with Crippen LogP contribution in [0.5, 0.6) is 0 Å². The Morgan fingerprint density at radius 1 is 1.35 bits per heavy atom. The number of hydrogen-bond donors (Lipinski definition) is 3. The van der Waals surface area contributed by atoms with Crippen LogP contribution in [0.1, 0.15) is 20.8 Å². The van der Waals surface area contributed by atoms with E-state index in [0.717, 1.165) is 0 Å². The highest BCUT2D eigenvalue weighted by Gasteiger charge is 2.37. The molecule has 100 valence electrons. The Bertz CT molecular complexity index is 396. The summed E-state index contributed by atoms with van der Waals surface area (Å²) in [6.45, 7) is 4.65. The summed E-state index contributed by atoms with van der Waals surface area (Å²) in [7, 11) is -3.66. The third-order valence-electron chi connectivity index (χ3n) is 2.06. The van der Waals surface area contributed by atoms with Gasteiger partial charge in [-0.05, 0) is 5.41 Å². The first-order valence-corrected chi connectivity index (χ1v) is 6.67. The van der Waals surface area contributed by atoms with E-state index >= 15 is 0 Å². The summed E-state index contributed by atoms with van der Waals surface area (Å²) in [6.07, 6.45) is 0. The molecule has 1 atom stereocenters. The third-order valence-corrected chi connectivity index (χ3v) is 2.83. The number of amides is 1. The van der Waals surface area contributed by atoms with Crippen molar-refractivity contribution in [3.8, 4) is 0 Å². The maximum absolute atomic E-state index is 11.6. The number of rotatable bonds is 5. The van der Waals surface area contributed by atoms with Crippen molar-refractivity contribution in [3.05, 3.63) is 0 Å². The summed E-state index contributed by atoms with van der Waals surface area (Å²) < 4.78 is 21.2. The molecule has 8 heteroatoms. The number of primary sulfonamides is 1. The Labute approximate surface area is 100 Å². The van der Waals surface area contributed by atoms with Gasteiger partial charge in [-0.3, -0.25) is 9.59 Å². The fourth-order valence-corrected chi connectivity index (χ4v) is 1.68. The van der Waals surface area contributed by atoms with Crippen LogP contribution in [-0.4, -0.2) is 37.7 Å².